The van der Waals surface area contributed by atoms with E-state index in [9.17, 15) is 18.0 Å². The summed E-state index contributed by atoms with van der Waals surface area (Å²) in [5, 5.41) is 7.35. The third-order valence-corrected chi connectivity index (χ3v) is 6.82. The lowest BCUT2D eigenvalue weighted by atomic mass is 10.1. The summed E-state index contributed by atoms with van der Waals surface area (Å²) in [7, 11) is 0. The molecule has 0 spiro atoms. The third kappa shape index (κ3) is 5.56. The maximum atomic E-state index is 12.8. The number of piperidine rings is 2. The quantitative estimate of drug-likeness (QED) is 0.488. The van der Waals surface area contributed by atoms with Gasteiger partial charge in [-0.05, 0) is 68.4 Å². The first kappa shape index (κ1) is 23.5. The van der Waals surface area contributed by atoms with Crippen molar-refractivity contribution in [1.82, 2.24) is 15.6 Å². The van der Waals surface area contributed by atoms with Gasteiger partial charge in [0.15, 0.2) is 0 Å². The van der Waals surface area contributed by atoms with Gasteiger partial charge < -0.3 is 25.3 Å². The molecule has 2 saturated heterocycles. The Bertz CT molecular complexity index is 1160. The molecule has 2 aliphatic rings. The number of hydrogen-bond acceptors (Lipinski definition) is 4. The van der Waals surface area contributed by atoms with Crippen molar-refractivity contribution in [3.05, 3.63) is 59.8 Å². The number of nitrogens with one attached hydrogen (secondary N) is 3. The molecule has 0 aliphatic carbocycles. The summed E-state index contributed by atoms with van der Waals surface area (Å²) in [4.78, 5) is 17.9. The number of carbonyl (C=O) groups is 1. The fourth-order valence-corrected chi connectivity index (χ4v) is 4.82. The lowest BCUT2D eigenvalue weighted by molar-refractivity contribution is -0.137. The van der Waals surface area contributed by atoms with Gasteiger partial charge in [0.05, 0.1) is 5.56 Å². The fourth-order valence-electron chi connectivity index (χ4n) is 4.82. The molecule has 5 rings (SSSR count). The van der Waals surface area contributed by atoms with Crippen molar-refractivity contribution in [2.24, 2.45) is 0 Å². The Morgan fingerprint density at radius 3 is 2.37 bits per heavy atom. The summed E-state index contributed by atoms with van der Waals surface area (Å²) in [6.45, 7) is 3.26. The standard InChI is InChI=1S/C26H29F3N4O2/c27-26(28,29)18-2-4-20(5-3-18)33-13-9-21(10-14-33)35-22-6-1-17-15-24(32-23(17)16-22)25(34)31-19-7-11-30-12-8-19/h1-6,15-16,19,21,30,32H,7-14H2,(H,31,34). The molecule has 6 nitrogen and oxygen atoms in total. The van der Waals surface area contributed by atoms with Crippen LogP contribution in [-0.2, 0) is 6.18 Å². The Hall–Kier alpha value is -3.20. The number of aromatic amines is 1. The monoisotopic (exact) mass is 486 g/mol. The molecular weight excluding hydrogens is 457 g/mol. The number of rotatable bonds is 5. The van der Waals surface area contributed by atoms with Gasteiger partial charge in [0, 0.05) is 54.6 Å². The lowest BCUT2D eigenvalue weighted by Gasteiger charge is -2.33. The van der Waals surface area contributed by atoms with Crippen LogP contribution in [0.3, 0.4) is 0 Å². The predicted octanol–water partition coefficient (Wildman–Crippen LogP) is 4.72. The number of fused-ring (bicyclic) bond motifs is 1. The maximum Gasteiger partial charge on any atom is 0.416 e. The zero-order chi connectivity index (χ0) is 24.4. The Kier molecular flexibility index (Phi) is 6.60. The van der Waals surface area contributed by atoms with Crippen LogP contribution in [0.2, 0.25) is 0 Å². The molecule has 0 bridgehead atoms. The highest BCUT2D eigenvalue weighted by Crippen LogP contribution is 2.31. The molecular formula is C26H29F3N4O2. The van der Waals surface area contributed by atoms with Crippen LogP contribution < -0.4 is 20.3 Å². The number of anilines is 1. The Morgan fingerprint density at radius 2 is 1.69 bits per heavy atom. The molecule has 2 aliphatic heterocycles. The molecule has 3 aromatic rings. The summed E-state index contributed by atoms with van der Waals surface area (Å²) in [5.74, 6) is 0.642. The van der Waals surface area contributed by atoms with Crippen LogP contribution in [0.25, 0.3) is 10.9 Å². The minimum atomic E-state index is -4.32. The van der Waals surface area contributed by atoms with Gasteiger partial charge in [0.25, 0.3) is 5.91 Å². The number of benzene rings is 2. The summed E-state index contributed by atoms with van der Waals surface area (Å²) in [6.07, 6.45) is -0.891. The summed E-state index contributed by atoms with van der Waals surface area (Å²) in [6, 6.07) is 13.1. The van der Waals surface area contributed by atoms with Gasteiger partial charge in [-0.2, -0.15) is 13.2 Å². The summed E-state index contributed by atoms with van der Waals surface area (Å²) >= 11 is 0. The van der Waals surface area contributed by atoms with Crippen LogP contribution in [0.5, 0.6) is 5.75 Å². The van der Waals surface area contributed by atoms with Crippen molar-refractivity contribution in [2.45, 2.75) is 44.0 Å². The normalized spacial score (nSPS) is 18.1. The molecule has 0 unspecified atom stereocenters. The lowest BCUT2D eigenvalue weighted by Crippen LogP contribution is -2.42. The first-order valence-electron chi connectivity index (χ1n) is 12.1. The Labute approximate surface area is 201 Å². The number of aromatic nitrogens is 1. The average Bonchev–Trinajstić information content (AvgIpc) is 3.29. The van der Waals surface area contributed by atoms with Crippen LogP contribution >= 0.6 is 0 Å². The van der Waals surface area contributed by atoms with Crippen LogP contribution in [0, 0.1) is 0 Å². The smallest absolute Gasteiger partial charge is 0.416 e. The van der Waals surface area contributed by atoms with Crippen molar-refractivity contribution in [1.29, 1.82) is 0 Å². The van der Waals surface area contributed by atoms with E-state index in [0.717, 1.165) is 73.2 Å². The van der Waals surface area contributed by atoms with E-state index in [-0.39, 0.29) is 18.1 Å². The van der Waals surface area contributed by atoms with E-state index < -0.39 is 11.7 Å². The number of hydrogen-bond donors (Lipinski definition) is 3. The molecule has 3 heterocycles. The fraction of sp³-hybridized carbons (Fsp3) is 0.423. The molecule has 186 valence electrons. The molecule has 0 radical (unpaired) electrons. The minimum absolute atomic E-state index is 0.0239. The van der Waals surface area contributed by atoms with E-state index in [2.05, 4.69) is 20.5 Å². The van der Waals surface area contributed by atoms with Crippen LogP contribution in [0.1, 0.15) is 41.7 Å². The van der Waals surface area contributed by atoms with Crippen molar-refractivity contribution < 1.29 is 22.7 Å². The largest absolute Gasteiger partial charge is 0.490 e. The van der Waals surface area contributed by atoms with E-state index in [4.69, 9.17) is 4.74 Å². The SMILES string of the molecule is O=C(NC1CCNCC1)c1cc2ccc(OC3CCN(c4ccc(C(F)(F)F)cc4)CC3)cc2[nH]1. The predicted molar refractivity (Wildman–Crippen MR) is 129 cm³/mol. The van der Waals surface area contributed by atoms with E-state index >= 15 is 0 Å². The first-order valence-corrected chi connectivity index (χ1v) is 12.1. The molecule has 0 saturated carbocycles. The minimum Gasteiger partial charge on any atom is -0.490 e. The van der Waals surface area contributed by atoms with Crippen molar-refractivity contribution in [2.75, 3.05) is 31.1 Å². The average molecular weight is 487 g/mol. The van der Waals surface area contributed by atoms with E-state index in [0.29, 0.717) is 18.8 Å². The summed E-state index contributed by atoms with van der Waals surface area (Å²) in [5.41, 5.74) is 1.55. The maximum absolute atomic E-state index is 12.8. The number of nitrogens with zero attached hydrogens (tertiary/aromatic N) is 1. The van der Waals surface area contributed by atoms with Gasteiger partial charge >= 0.3 is 6.18 Å². The first-order chi connectivity index (χ1) is 16.8. The molecule has 2 aromatic carbocycles. The van der Waals surface area contributed by atoms with Crippen molar-refractivity contribution in [3.63, 3.8) is 0 Å². The number of ether oxygens (including phenoxy) is 1. The van der Waals surface area contributed by atoms with Crippen LogP contribution in [0.15, 0.2) is 48.5 Å². The molecule has 9 heteroatoms. The second-order valence-corrected chi connectivity index (χ2v) is 9.28. The highest BCUT2D eigenvalue weighted by molar-refractivity contribution is 5.98. The highest BCUT2D eigenvalue weighted by atomic mass is 19.4. The van der Waals surface area contributed by atoms with Crippen molar-refractivity contribution in [3.8, 4) is 5.75 Å². The number of H-pyrrole nitrogens is 1. The number of amides is 1. The highest BCUT2D eigenvalue weighted by Gasteiger charge is 2.30. The zero-order valence-electron chi connectivity index (χ0n) is 19.3. The Balaban J connectivity index is 1.17. The van der Waals surface area contributed by atoms with E-state index in [1.165, 1.54) is 12.1 Å². The van der Waals surface area contributed by atoms with Gasteiger partial charge in [-0.25, -0.2) is 0 Å². The van der Waals surface area contributed by atoms with Crippen LogP contribution in [0.4, 0.5) is 18.9 Å². The molecule has 2 fully saturated rings. The van der Waals surface area contributed by atoms with Gasteiger partial charge in [0.1, 0.15) is 17.5 Å². The second-order valence-electron chi connectivity index (χ2n) is 9.28. The van der Waals surface area contributed by atoms with Gasteiger partial charge in [-0.1, -0.05) is 0 Å². The zero-order valence-corrected chi connectivity index (χ0v) is 19.3. The number of carbonyl (C=O) groups excluding carboxylic acids is 1. The van der Waals surface area contributed by atoms with E-state index in [1.807, 2.05) is 24.3 Å². The third-order valence-electron chi connectivity index (χ3n) is 6.82. The van der Waals surface area contributed by atoms with Gasteiger partial charge in [-0.15, -0.1) is 0 Å². The second kappa shape index (κ2) is 9.81. The van der Waals surface area contributed by atoms with Gasteiger partial charge in [0.2, 0.25) is 0 Å². The van der Waals surface area contributed by atoms with Crippen LogP contribution in [-0.4, -0.2) is 49.2 Å². The molecule has 0 atom stereocenters. The molecule has 35 heavy (non-hydrogen) atoms. The molecule has 3 N–H and O–H groups in total. The van der Waals surface area contributed by atoms with Gasteiger partial charge in [-0.3, -0.25) is 4.79 Å². The van der Waals surface area contributed by atoms with Crippen molar-refractivity contribution >= 4 is 22.5 Å². The number of alkyl halides is 3. The number of halogens is 3. The van der Waals surface area contributed by atoms with E-state index in [1.54, 1.807) is 0 Å². The Morgan fingerprint density at radius 1 is 0.971 bits per heavy atom. The molecule has 1 aromatic heterocycles. The topological polar surface area (TPSA) is 69.4 Å². The summed E-state index contributed by atoms with van der Waals surface area (Å²) < 4.78 is 44.6. The molecule has 1 amide bonds.